The highest BCUT2D eigenvalue weighted by Gasteiger charge is 2.07. The van der Waals surface area contributed by atoms with Gasteiger partial charge in [0.1, 0.15) is 11.4 Å². The van der Waals surface area contributed by atoms with E-state index in [1.807, 2.05) is 0 Å². The van der Waals surface area contributed by atoms with E-state index in [4.69, 9.17) is 5.73 Å². The number of pyridine rings is 1. The fraction of sp³-hybridized carbons (Fsp3) is 0.100. The zero-order chi connectivity index (χ0) is 10.7. The second kappa shape index (κ2) is 4.10. The Morgan fingerprint density at radius 2 is 2.07 bits per heavy atom. The van der Waals surface area contributed by atoms with Crippen LogP contribution in [0.3, 0.4) is 0 Å². The molecule has 0 bridgehead atoms. The molecule has 2 N–H and O–H groups in total. The minimum atomic E-state index is -0.410. The van der Waals surface area contributed by atoms with Crippen LogP contribution in [0.1, 0.15) is 5.69 Å². The van der Waals surface area contributed by atoms with Crippen LogP contribution in [0.4, 0.5) is 4.39 Å². The quantitative estimate of drug-likeness (QED) is 0.796. The summed E-state index contributed by atoms with van der Waals surface area (Å²) < 4.78 is 13.3. The topological polar surface area (TPSA) is 64.7 Å². The summed E-state index contributed by atoms with van der Waals surface area (Å²) in [6, 6.07) is 6.22. The van der Waals surface area contributed by atoms with Gasteiger partial charge in [-0.25, -0.2) is 4.39 Å². The molecule has 0 aliphatic heterocycles. The largest absolute Gasteiger partial charge is 0.325 e. The van der Waals surface area contributed by atoms with Gasteiger partial charge in [-0.1, -0.05) is 0 Å². The van der Waals surface area contributed by atoms with Crippen LogP contribution in [0.15, 0.2) is 30.5 Å². The Morgan fingerprint density at radius 3 is 2.67 bits per heavy atom. The van der Waals surface area contributed by atoms with Crippen LogP contribution in [0.2, 0.25) is 0 Å². The van der Waals surface area contributed by atoms with Gasteiger partial charge in [-0.05, 0) is 24.3 Å². The SMILES string of the molecule is NCc1ccc(-c2ncccc2F)nn1. The molecule has 0 aliphatic carbocycles. The van der Waals surface area contributed by atoms with E-state index >= 15 is 0 Å². The van der Waals surface area contributed by atoms with Crippen molar-refractivity contribution in [2.45, 2.75) is 6.54 Å². The van der Waals surface area contributed by atoms with E-state index in [0.29, 0.717) is 17.9 Å². The number of aromatic nitrogens is 3. The van der Waals surface area contributed by atoms with Gasteiger partial charge in [-0.2, -0.15) is 5.10 Å². The molecule has 2 heterocycles. The smallest absolute Gasteiger partial charge is 0.151 e. The number of nitrogens with zero attached hydrogens (tertiary/aromatic N) is 3. The molecule has 76 valence electrons. The van der Waals surface area contributed by atoms with Gasteiger partial charge in [0.15, 0.2) is 5.82 Å². The maximum atomic E-state index is 13.3. The molecule has 0 fully saturated rings. The predicted octanol–water partition coefficient (Wildman–Crippen LogP) is 1.14. The number of hydrogen-bond acceptors (Lipinski definition) is 4. The van der Waals surface area contributed by atoms with Crippen LogP contribution in [0.25, 0.3) is 11.4 Å². The van der Waals surface area contributed by atoms with E-state index in [1.54, 1.807) is 12.1 Å². The van der Waals surface area contributed by atoms with Gasteiger partial charge >= 0.3 is 0 Å². The molecule has 4 nitrogen and oxygen atoms in total. The van der Waals surface area contributed by atoms with Crippen molar-refractivity contribution in [3.8, 4) is 11.4 Å². The Balaban J connectivity index is 2.42. The molecule has 0 radical (unpaired) electrons. The average Bonchev–Trinajstić information content (AvgIpc) is 2.30. The van der Waals surface area contributed by atoms with Crippen molar-refractivity contribution in [1.82, 2.24) is 15.2 Å². The van der Waals surface area contributed by atoms with Crippen LogP contribution in [0, 0.1) is 5.82 Å². The fourth-order valence-electron chi connectivity index (χ4n) is 1.17. The monoisotopic (exact) mass is 204 g/mol. The Kier molecular flexibility index (Phi) is 2.64. The molecule has 0 saturated carbocycles. The Labute approximate surface area is 86.0 Å². The van der Waals surface area contributed by atoms with E-state index < -0.39 is 5.82 Å². The lowest BCUT2D eigenvalue weighted by Crippen LogP contribution is -2.02. The first-order valence-electron chi connectivity index (χ1n) is 4.45. The maximum absolute atomic E-state index is 13.3. The normalized spacial score (nSPS) is 10.3. The molecular formula is C10H9FN4. The van der Waals surface area contributed by atoms with Crippen LogP contribution < -0.4 is 5.73 Å². The summed E-state index contributed by atoms with van der Waals surface area (Å²) in [7, 11) is 0. The number of nitrogens with two attached hydrogens (primary N) is 1. The Hall–Kier alpha value is -1.88. The summed E-state index contributed by atoms with van der Waals surface area (Å²) >= 11 is 0. The zero-order valence-electron chi connectivity index (χ0n) is 7.89. The van der Waals surface area contributed by atoms with Crippen molar-refractivity contribution in [3.05, 3.63) is 42.0 Å². The highest BCUT2D eigenvalue weighted by atomic mass is 19.1. The number of hydrogen-bond donors (Lipinski definition) is 1. The Morgan fingerprint density at radius 1 is 1.20 bits per heavy atom. The highest BCUT2D eigenvalue weighted by Crippen LogP contribution is 2.16. The molecule has 0 atom stereocenters. The molecule has 0 amide bonds. The highest BCUT2D eigenvalue weighted by molar-refractivity contribution is 5.53. The lowest BCUT2D eigenvalue weighted by atomic mass is 10.2. The maximum Gasteiger partial charge on any atom is 0.151 e. The minimum Gasteiger partial charge on any atom is -0.325 e. The Bertz CT molecular complexity index is 455. The van der Waals surface area contributed by atoms with Crippen molar-refractivity contribution in [2.75, 3.05) is 0 Å². The van der Waals surface area contributed by atoms with Gasteiger partial charge in [0, 0.05) is 12.7 Å². The van der Waals surface area contributed by atoms with Crippen LogP contribution >= 0.6 is 0 Å². The second-order valence-corrected chi connectivity index (χ2v) is 2.95. The minimum absolute atomic E-state index is 0.202. The average molecular weight is 204 g/mol. The van der Waals surface area contributed by atoms with Crippen molar-refractivity contribution < 1.29 is 4.39 Å². The van der Waals surface area contributed by atoms with Gasteiger partial charge in [0.2, 0.25) is 0 Å². The van der Waals surface area contributed by atoms with Crippen molar-refractivity contribution in [2.24, 2.45) is 5.73 Å². The molecule has 0 aromatic carbocycles. The first-order chi connectivity index (χ1) is 7.31. The van der Waals surface area contributed by atoms with E-state index in [9.17, 15) is 4.39 Å². The first kappa shape index (κ1) is 9.67. The fourth-order valence-corrected chi connectivity index (χ4v) is 1.17. The third-order valence-electron chi connectivity index (χ3n) is 1.93. The third-order valence-corrected chi connectivity index (χ3v) is 1.93. The van der Waals surface area contributed by atoms with E-state index in [0.717, 1.165) is 0 Å². The standard InChI is InChI=1S/C10H9FN4/c11-8-2-1-5-13-10(8)9-4-3-7(6-12)14-15-9/h1-5H,6,12H2. The van der Waals surface area contributed by atoms with E-state index in [2.05, 4.69) is 15.2 Å². The van der Waals surface area contributed by atoms with Gasteiger partial charge < -0.3 is 5.73 Å². The number of halogens is 1. The van der Waals surface area contributed by atoms with Crippen LogP contribution in [-0.4, -0.2) is 15.2 Å². The summed E-state index contributed by atoms with van der Waals surface area (Å²) in [6.45, 7) is 0.317. The second-order valence-electron chi connectivity index (χ2n) is 2.95. The zero-order valence-corrected chi connectivity index (χ0v) is 7.89. The molecule has 2 aromatic rings. The third kappa shape index (κ3) is 1.97. The van der Waals surface area contributed by atoms with Gasteiger partial charge in [-0.3, -0.25) is 4.98 Å². The van der Waals surface area contributed by atoms with Crippen molar-refractivity contribution >= 4 is 0 Å². The van der Waals surface area contributed by atoms with Crippen LogP contribution in [0.5, 0.6) is 0 Å². The summed E-state index contributed by atoms with van der Waals surface area (Å²) in [6.07, 6.45) is 1.51. The first-order valence-corrected chi connectivity index (χ1v) is 4.45. The van der Waals surface area contributed by atoms with Gasteiger partial charge in [-0.15, -0.1) is 5.10 Å². The molecule has 2 aromatic heterocycles. The van der Waals surface area contributed by atoms with E-state index in [1.165, 1.54) is 18.3 Å². The van der Waals surface area contributed by atoms with Crippen molar-refractivity contribution in [3.63, 3.8) is 0 Å². The summed E-state index contributed by atoms with van der Waals surface area (Å²) in [5.41, 5.74) is 6.65. The molecule has 15 heavy (non-hydrogen) atoms. The molecule has 0 aliphatic rings. The lowest BCUT2D eigenvalue weighted by molar-refractivity contribution is 0.624. The molecular weight excluding hydrogens is 195 g/mol. The number of rotatable bonds is 2. The van der Waals surface area contributed by atoms with E-state index in [-0.39, 0.29) is 5.69 Å². The molecule has 5 heteroatoms. The van der Waals surface area contributed by atoms with Crippen LogP contribution in [-0.2, 0) is 6.54 Å². The molecule has 0 saturated heterocycles. The summed E-state index contributed by atoms with van der Waals surface area (Å²) in [4.78, 5) is 3.90. The summed E-state index contributed by atoms with van der Waals surface area (Å²) in [5, 5.41) is 7.68. The predicted molar refractivity (Wildman–Crippen MR) is 53.1 cm³/mol. The van der Waals surface area contributed by atoms with Crippen molar-refractivity contribution in [1.29, 1.82) is 0 Å². The van der Waals surface area contributed by atoms with Gasteiger partial charge in [0.25, 0.3) is 0 Å². The summed E-state index contributed by atoms with van der Waals surface area (Å²) in [5.74, 6) is -0.410. The van der Waals surface area contributed by atoms with Gasteiger partial charge in [0.05, 0.1) is 5.69 Å². The molecule has 0 spiro atoms. The lowest BCUT2D eigenvalue weighted by Gasteiger charge is -2.00. The molecule has 2 rings (SSSR count). The molecule has 0 unspecified atom stereocenters.